The number of fused-ring (bicyclic) bond motifs is 1. The van der Waals surface area contributed by atoms with Gasteiger partial charge in [0.05, 0.1) is 12.0 Å². The number of carbonyl (C=O) groups excluding carboxylic acids is 2. The molecule has 2 amide bonds. The Kier molecular flexibility index (Phi) is 5.74. The van der Waals surface area contributed by atoms with Crippen molar-refractivity contribution in [3.05, 3.63) is 35.4 Å². The van der Waals surface area contributed by atoms with Gasteiger partial charge in [-0.05, 0) is 30.4 Å². The minimum atomic E-state index is -0.820. The van der Waals surface area contributed by atoms with Crippen molar-refractivity contribution >= 4 is 11.8 Å². The molecule has 0 bridgehead atoms. The average Bonchev–Trinajstić information content (AvgIpc) is 3.03. The van der Waals surface area contributed by atoms with Crippen LogP contribution in [0.25, 0.3) is 0 Å². The summed E-state index contributed by atoms with van der Waals surface area (Å²) in [5.41, 5.74) is 1.63. The summed E-state index contributed by atoms with van der Waals surface area (Å²) in [6.45, 7) is 1.87. The maximum atomic E-state index is 12.3. The summed E-state index contributed by atoms with van der Waals surface area (Å²) in [5, 5.41) is 13.2. The van der Waals surface area contributed by atoms with Gasteiger partial charge in [-0.25, -0.2) is 0 Å². The fraction of sp³-hybridized carbons (Fsp3) is 0.600. The molecule has 0 unspecified atom stereocenters. The number of nitrogens with one attached hydrogen (secondary N) is 1. The highest BCUT2D eigenvalue weighted by Crippen LogP contribution is 2.30. The van der Waals surface area contributed by atoms with Crippen LogP contribution in [0.3, 0.4) is 0 Å². The van der Waals surface area contributed by atoms with E-state index in [-0.39, 0.29) is 18.2 Å². The van der Waals surface area contributed by atoms with Crippen LogP contribution in [-0.4, -0.2) is 34.0 Å². The number of nitrogens with zero attached hydrogens (tertiary/aromatic N) is 1. The van der Waals surface area contributed by atoms with E-state index in [9.17, 15) is 14.7 Å². The molecular formula is C20H28N2O3. The molecule has 5 nitrogen and oxygen atoms in total. The van der Waals surface area contributed by atoms with Crippen molar-refractivity contribution in [1.29, 1.82) is 0 Å². The molecule has 0 radical (unpaired) electrons. The van der Waals surface area contributed by atoms with Gasteiger partial charge in [0.25, 0.3) is 0 Å². The van der Waals surface area contributed by atoms with E-state index in [1.807, 2.05) is 17.0 Å². The fourth-order valence-corrected chi connectivity index (χ4v) is 3.88. The lowest BCUT2D eigenvalue weighted by Gasteiger charge is -2.31. The Labute approximate surface area is 149 Å². The van der Waals surface area contributed by atoms with E-state index in [4.69, 9.17) is 0 Å². The van der Waals surface area contributed by atoms with Crippen LogP contribution in [0.15, 0.2) is 24.3 Å². The third-order valence-corrected chi connectivity index (χ3v) is 5.36. The van der Waals surface area contributed by atoms with E-state index in [1.165, 1.54) is 11.1 Å². The van der Waals surface area contributed by atoms with Crippen molar-refractivity contribution < 1.29 is 14.7 Å². The predicted octanol–water partition coefficient (Wildman–Crippen LogP) is 2.51. The minimum absolute atomic E-state index is 0.106. The van der Waals surface area contributed by atoms with Crippen LogP contribution in [0.1, 0.15) is 62.5 Å². The first kappa shape index (κ1) is 17.9. The maximum Gasteiger partial charge on any atom is 0.223 e. The molecule has 1 aliphatic heterocycles. The summed E-state index contributed by atoms with van der Waals surface area (Å²) in [4.78, 5) is 26.2. The third kappa shape index (κ3) is 4.82. The van der Waals surface area contributed by atoms with Gasteiger partial charge in [-0.3, -0.25) is 9.59 Å². The lowest BCUT2D eigenvalue weighted by Crippen LogP contribution is -2.38. The fourth-order valence-electron chi connectivity index (χ4n) is 3.88. The van der Waals surface area contributed by atoms with Crippen molar-refractivity contribution in [2.24, 2.45) is 0 Å². The maximum absolute atomic E-state index is 12.3. The average molecular weight is 344 g/mol. The Bertz CT molecular complexity index is 598. The zero-order valence-electron chi connectivity index (χ0n) is 14.8. The zero-order chi connectivity index (χ0) is 17.7. The Morgan fingerprint density at radius 3 is 2.36 bits per heavy atom. The molecule has 25 heavy (non-hydrogen) atoms. The topological polar surface area (TPSA) is 69.6 Å². The van der Waals surface area contributed by atoms with Gasteiger partial charge in [0.2, 0.25) is 11.8 Å². The number of benzene rings is 1. The van der Waals surface area contributed by atoms with Crippen molar-refractivity contribution in [3.8, 4) is 0 Å². The molecule has 1 aliphatic carbocycles. The molecule has 2 aliphatic rings. The molecule has 5 heteroatoms. The molecule has 0 spiro atoms. The summed E-state index contributed by atoms with van der Waals surface area (Å²) in [6.07, 6.45) is 5.83. The van der Waals surface area contributed by atoms with E-state index in [1.54, 1.807) is 0 Å². The van der Waals surface area contributed by atoms with E-state index < -0.39 is 5.60 Å². The number of hydrogen-bond acceptors (Lipinski definition) is 3. The van der Waals surface area contributed by atoms with Gasteiger partial charge in [-0.2, -0.15) is 0 Å². The smallest absolute Gasteiger partial charge is 0.223 e. The largest absolute Gasteiger partial charge is 0.389 e. The van der Waals surface area contributed by atoms with Crippen LogP contribution in [0.2, 0.25) is 0 Å². The standard InChI is InChI=1S/C20H28N2O3/c23-18(13-20(25)10-4-1-5-11-20)21-12-6-9-19(24)22-14-16-7-2-3-8-17(16)15-22/h2-3,7-8,25H,1,4-6,9-15H2,(H,21,23). The Morgan fingerprint density at radius 2 is 1.72 bits per heavy atom. The second-order valence-corrected chi connectivity index (χ2v) is 7.43. The van der Waals surface area contributed by atoms with E-state index in [0.29, 0.717) is 45.3 Å². The quantitative estimate of drug-likeness (QED) is 0.779. The summed E-state index contributed by atoms with van der Waals surface area (Å²) < 4.78 is 0. The SMILES string of the molecule is O=C(CC1(O)CCCCC1)NCCCC(=O)N1Cc2ccccc2C1. The molecule has 136 valence electrons. The second-order valence-electron chi connectivity index (χ2n) is 7.43. The highest BCUT2D eigenvalue weighted by atomic mass is 16.3. The Hall–Kier alpha value is -1.88. The summed E-state index contributed by atoms with van der Waals surface area (Å²) in [7, 11) is 0. The number of rotatable bonds is 6. The molecule has 0 saturated heterocycles. The van der Waals surface area contributed by atoms with Crippen LogP contribution < -0.4 is 5.32 Å². The van der Waals surface area contributed by atoms with Gasteiger partial charge >= 0.3 is 0 Å². The van der Waals surface area contributed by atoms with Crippen LogP contribution in [0.5, 0.6) is 0 Å². The van der Waals surface area contributed by atoms with Gasteiger partial charge in [-0.15, -0.1) is 0 Å². The van der Waals surface area contributed by atoms with E-state index >= 15 is 0 Å². The van der Waals surface area contributed by atoms with Gasteiger partial charge < -0.3 is 15.3 Å². The molecule has 1 aromatic carbocycles. The number of hydrogen-bond donors (Lipinski definition) is 2. The van der Waals surface area contributed by atoms with Gasteiger partial charge in [0.15, 0.2) is 0 Å². The highest BCUT2D eigenvalue weighted by molar-refractivity contribution is 5.78. The van der Waals surface area contributed by atoms with E-state index in [2.05, 4.69) is 17.4 Å². The second kappa shape index (κ2) is 8.00. The zero-order valence-corrected chi connectivity index (χ0v) is 14.8. The molecule has 0 atom stereocenters. The van der Waals surface area contributed by atoms with Crippen molar-refractivity contribution in [2.45, 2.75) is 70.1 Å². The highest BCUT2D eigenvalue weighted by Gasteiger charge is 2.31. The lowest BCUT2D eigenvalue weighted by atomic mass is 9.82. The molecule has 2 N–H and O–H groups in total. The molecule has 1 fully saturated rings. The van der Waals surface area contributed by atoms with Crippen LogP contribution >= 0.6 is 0 Å². The first-order valence-electron chi connectivity index (χ1n) is 9.39. The lowest BCUT2D eigenvalue weighted by molar-refractivity contribution is -0.132. The van der Waals surface area contributed by atoms with Crippen LogP contribution in [0.4, 0.5) is 0 Å². The molecule has 1 aromatic rings. The molecule has 3 rings (SSSR count). The van der Waals surface area contributed by atoms with Crippen LogP contribution in [0, 0.1) is 0 Å². The molecule has 1 saturated carbocycles. The third-order valence-electron chi connectivity index (χ3n) is 5.36. The Balaban J connectivity index is 1.33. The summed E-state index contributed by atoms with van der Waals surface area (Å²) in [5.74, 6) is 0.0294. The molecule has 0 aromatic heterocycles. The summed E-state index contributed by atoms with van der Waals surface area (Å²) in [6, 6.07) is 8.14. The number of carbonyl (C=O) groups is 2. The number of aliphatic hydroxyl groups is 1. The molecular weight excluding hydrogens is 316 g/mol. The van der Waals surface area contributed by atoms with Crippen LogP contribution in [-0.2, 0) is 22.7 Å². The first-order valence-corrected chi connectivity index (χ1v) is 9.39. The molecule has 1 heterocycles. The van der Waals surface area contributed by atoms with E-state index in [0.717, 1.165) is 19.3 Å². The minimum Gasteiger partial charge on any atom is -0.389 e. The van der Waals surface area contributed by atoms with Crippen molar-refractivity contribution in [2.75, 3.05) is 6.54 Å². The van der Waals surface area contributed by atoms with Crippen molar-refractivity contribution in [3.63, 3.8) is 0 Å². The van der Waals surface area contributed by atoms with Gasteiger partial charge in [0, 0.05) is 26.1 Å². The normalized spacial score (nSPS) is 18.7. The number of amides is 2. The van der Waals surface area contributed by atoms with Gasteiger partial charge in [0.1, 0.15) is 0 Å². The predicted molar refractivity (Wildman–Crippen MR) is 95.6 cm³/mol. The van der Waals surface area contributed by atoms with Crippen molar-refractivity contribution in [1.82, 2.24) is 10.2 Å². The first-order chi connectivity index (χ1) is 12.1. The monoisotopic (exact) mass is 344 g/mol. The summed E-state index contributed by atoms with van der Waals surface area (Å²) >= 11 is 0. The van der Waals surface area contributed by atoms with Gasteiger partial charge in [-0.1, -0.05) is 43.5 Å². The Morgan fingerprint density at radius 1 is 1.08 bits per heavy atom.